The van der Waals surface area contributed by atoms with Crippen LogP contribution in [0.5, 0.6) is 0 Å². The predicted octanol–water partition coefficient (Wildman–Crippen LogP) is 4.84. The highest BCUT2D eigenvalue weighted by Gasteiger charge is 2.05. The zero-order valence-electron chi connectivity index (χ0n) is 12.9. The summed E-state index contributed by atoms with van der Waals surface area (Å²) in [5.41, 5.74) is 3.02. The molecule has 0 saturated carbocycles. The van der Waals surface area contributed by atoms with Gasteiger partial charge in [-0.25, -0.2) is 0 Å². The highest BCUT2D eigenvalue weighted by molar-refractivity contribution is 6.35. The fourth-order valence-corrected chi connectivity index (χ4v) is 2.51. The fourth-order valence-electron chi connectivity index (χ4n) is 2.17. The van der Waals surface area contributed by atoms with Crippen molar-refractivity contribution in [1.82, 2.24) is 15.2 Å². The molecule has 0 aliphatic carbocycles. The summed E-state index contributed by atoms with van der Waals surface area (Å²) in [6, 6.07) is 13.4. The molecule has 0 spiro atoms. The minimum absolute atomic E-state index is 0.430. The molecule has 0 aliphatic rings. The molecule has 0 fully saturated rings. The second-order valence-electron chi connectivity index (χ2n) is 5.26. The molecule has 5 nitrogen and oxygen atoms in total. The predicted molar refractivity (Wildman–Crippen MR) is 98.1 cm³/mol. The Morgan fingerprint density at radius 2 is 1.96 bits per heavy atom. The topological polar surface area (TPSA) is 62.7 Å². The van der Waals surface area contributed by atoms with E-state index >= 15 is 0 Å². The van der Waals surface area contributed by atoms with Gasteiger partial charge >= 0.3 is 0 Å². The summed E-state index contributed by atoms with van der Waals surface area (Å²) < 4.78 is 0. The van der Waals surface area contributed by atoms with Gasteiger partial charge in [-0.3, -0.25) is 0 Å². The van der Waals surface area contributed by atoms with E-state index in [0.29, 0.717) is 34.0 Å². The second-order valence-corrected chi connectivity index (χ2v) is 6.10. The number of hydrogen-bond acceptors (Lipinski definition) is 5. The highest BCUT2D eigenvalue weighted by atomic mass is 35.5. The smallest absolute Gasteiger partial charge is 0.244 e. The first-order valence-electron chi connectivity index (χ1n) is 7.31. The molecule has 0 saturated heterocycles. The van der Waals surface area contributed by atoms with Crippen LogP contribution in [0.2, 0.25) is 10.0 Å². The quantitative estimate of drug-likeness (QED) is 0.682. The maximum Gasteiger partial charge on any atom is 0.244 e. The van der Waals surface area contributed by atoms with Crippen molar-refractivity contribution in [3.63, 3.8) is 0 Å². The summed E-state index contributed by atoms with van der Waals surface area (Å²) in [6.07, 6.45) is 1.52. The summed E-state index contributed by atoms with van der Waals surface area (Å²) in [6.45, 7) is 2.67. The molecule has 122 valence electrons. The minimum atomic E-state index is 0.430. The van der Waals surface area contributed by atoms with E-state index in [0.717, 1.165) is 5.56 Å². The van der Waals surface area contributed by atoms with Gasteiger partial charge in [0.05, 0.1) is 16.9 Å². The molecule has 3 rings (SSSR count). The number of aryl methyl sites for hydroxylation is 1. The third-order valence-electron chi connectivity index (χ3n) is 3.28. The zero-order chi connectivity index (χ0) is 16.9. The van der Waals surface area contributed by atoms with Gasteiger partial charge < -0.3 is 10.6 Å². The standard InChI is InChI=1S/C17H15Cl2N5/c1-11-3-2-4-12(7-11)9-20-17-23-16(10-21-24-17)22-15-8-13(18)5-6-14(15)19/h2-8,10H,9H2,1H3,(H2,20,22,23,24). The van der Waals surface area contributed by atoms with Crippen molar-refractivity contribution < 1.29 is 0 Å². The third-order valence-corrected chi connectivity index (χ3v) is 3.85. The molecule has 0 atom stereocenters. The Labute approximate surface area is 150 Å². The highest BCUT2D eigenvalue weighted by Crippen LogP contribution is 2.27. The lowest BCUT2D eigenvalue weighted by Crippen LogP contribution is -2.06. The molecular formula is C17H15Cl2N5. The van der Waals surface area contributed by atoms with Gasteiger partial charge in [0.15, 0.2) is 5.82 Å². The lowest BCUT2D eigenvalue weighted by Gasteiger charge is -2.09. The molecule has 0 radical (unpaired) electrons. The Kier molecular flexibility index (Phi) is 5.13. The van der Waals surface area contributed by atoms with E-state index in [1.807, 2.05) is 12.1 Å². The summed E-state index contributed by atoms with van der Waals surface area (Å²) in [5, 5.41) is 15.3. The van der Waals surface area contributed by atoms with Gasteiger partial charge in [0.2, 0.25) is 5.95 Å². The van der Waals surface area contributed by atoms with Crippen LogP contribution in [0.15, 0.2) is 48.7 Å². The van der Waals surface area contributed by atoms with Crippen molar-refractivity contribution >= 4 is 40.7 Å². The normalized spacial score (nSPS) is 10.5. The zero-order valence-corrected chi connectivity index (χ0v) is 14.4. The second kappa shape index (κ2) is 7.47. The maximum atomic E-state index is 6.14. The summed E-state index contributed by atoms with van der Waals surface area (Å²) >= 11 is 12.1. The number of nitrogens with zero attached hydrogens (tertiary/aromatic N) is 3. The fraction of sp³-hybridized carbons (Fsp3) is 0.118. The summed E-state index contributed by atoms with van der Waals surface area (Å²) in [7, 11) is 0. The summed E-state index contributed by atoms with van der Waals surface area (Å²) in [5.74, 6) is 0.959. The number of hydrogen-bond donors (Lipinski definition) is 2. The van der Waals surface area contributed by atoms with Crippen LogP contribution in [0, 0.1) is 6.92 Å². The van der Waals surface area contributed by atoms with Gasteiger partial charge in [-0.1, -0.05) is 53.0 Å². The van der Waals surface area contributed by atoms with Crippen molar-refractivity contribution in [1.29, 1.82) is 0 Å². The van der Waals surface area contributed by atoms with Gasteiger partial charge in [-0.15, -0.1) is 5.10 Å². The maximum absolute atomic E-state index is 6.14. The lowest BCUT2D eigenvalue weighted by molar-refractivity contribution is 0.948. The van der Waals surface area contributed by atoms with E-state index in [1.165, 1.54) is 11.8 Å². The van der Waals surface area contributed by atoms with E-state index in [2.05, 4.69) is 44.9 Å². The Bertz CT molecular complexity index is 854. The molecule has 2 N–H and O–H groups in total. The molecule has 1 heterocycles. The van der Waals surface area contributed by atoms with Crippen LogP contribution >= 0.6 is 23.2 Å². The van der Waals surface area contributed by atoms with Crippen molar-refractivity contribution in [2.45, 2.75) is 13.5 Å². The molecule has 0 unspecified atom stereocenters. The Morgan fingerprint density at radius 3 is 2.79 bits per heavy atom. The lowest BCUT2D eigenvalue weighted by atomic mass is 10.1. The average Bonchev–Trinajstić information content (AvgIpc) is 2.57. The number of rotatable bonds is 5. The van der Waals surface area contributed by atoms with Crippen LogP contribution < -0.4 is 10.6 Å². The van der Waals surface area contributed by atoms with Gasteiger partial charge in [0.1, 0.15) is 0 Å². The number of benzene rings is 2. The van der Waals surface area contributed by atoms with Crippen molar-refractivity contribution in [3.05, 3.63) is 69.8 Å². The first kappa shape index (κ1) is 16.5. The number of halogens is 2. The molecule has 7 heteroatoms. The number of anilines is 3. The van der Waals surface area contributed by atoms with Crippen molar-refractivity contribution in [3.8, 4) is 0 Å². The van der Waals surface area contributed by atoms with E-state index in [-0.39, 0.29) is 0 Å². The molecular weight excluding hydrogens is 345 g/mol. The van der Waals surface area contributed by atoms with Gasteiger partial charge in [-0.05, 0) is 30.7 Å². The van der Waals surface area contributed by atoms with E-state index in [1.54, 1.807) is 18.2 Å². The molecule has 2 aromatic carbocycles. The number of aromatic nitrogens is 3. The Morgan fingerprint density at radius 1 is 1.08 bits per heavy atom. The van der Waals surface area contributed by atoms with Crippen LogP contribution in [0.1, 0.15) is 11.1 Å². The molecule has 3 aromatic rings. The molecule has 0 aliphatic heterocycles. The summed E-state index contributed by atoms with van der Waals surface area (Å²) in [4.78, 5) is 4.38. The van der Waals surface area contributed by atoms with Gasteiger partial charge in [0.25, 0.3) is 0 Å². The largest absolute Gasteiger partial charge is 0.349 e. The monoisotopic (exact) mass is 359 g/mol. The van der Waals surface area contributed by atoms with Gasteiger partial charge in [-0.2, -0.15) is 10.1 Å². The Hall–Kier alpha value is -2.37. The van der Waals surface area contributed by atoms with Crippen molar-refractivity contribution in [2.75, 3.05) is 10.6 Å². The first-order valence-corrected chi connectivity index (χ1v) is 8.07. The molecule has 0 bridgehead atoms. The Balaban J connectivity index is 1.71. The average molecular weight is 360 g/mol. The SMILES string of the molecule is Cc1cccc(CNc2nncc(Nc3cc(Cl)ccc3Cl)n2)c1. The van der Waals surface area contributed by atoms with Crippen molar-refractivity contribution in [2.24, 2.45) is 0 Å². The van der Waals surface area contributed by atoms with E-state index < -0.39 is 0 Å². The molecule has 24 heavy (non-hydrogen) atoms. The van der Waals surface area contributed by atoms with E-state index in [9.17, 15) is 0 Å². The minimum Gasteiger partial charge on any atom is -0.349 e. The molecule has 1 aromatic heterocycles. The van der Waals surface area contributed by atoms with Crippen LogP contribution in [0.25, 0.3) is 0 Å². The third kappa shape index (κ3) is 4.34. The number of nitrogens with one attached hydrogen (secondary N) is 2. The van der Waals surface area contributed by atoms with Gasteiger partial charge in [0, 0.05) is 11.6 Å². The first-order chi connectivity index (χ1) is 11.6. The molecule has 0 amide bonds. The van der Waals surface area contributed by atoms with Crippen LogP contribution in [0.3, 0.4) is 0 Å². The van der Waals surface area contributed by atoms with Crippen LogP contribution in [-0.4, -0.2) is 15.2 Å². The van der Waals surface area contributed by atoms with Crippen LogP contribution in [0.4, 0.5) is 17.5 Å². The van der Waals surface area contributed by atoms with E-state index in [4.69, 9.17) is 23.2 Å². The van der Waals surface area contributed by atoms with Crippen LogP contribution in [-0.2, 0) is 6.54 Å².